The number of rotatable bonds is 2. The van der Waals surface area contributed by atoms with Gasteiger partial charge in [0, 0.05) is 24.7 Å². The molecule has 2 aliphatic carbocycles. The molecule has 0 aromatic carbocycles. The van der Waals surface area contributed by atoms with Crippen LogP contribution in [0, 0.1) is 11.3 Å². The number of ketones is 1. The fraction of sp³-hybridized carbons (Fsp3) is 0.647. The van der Waals surface area contributed by atoms with Crippen LogP contribution in [0.15, 0.2) is 23.3 Å². The number of carbonyl (C=O) groups excluding carboxylic acids is 2. The molecule has 0 aliphatic heterocycles. The fourth-order valence-corrected chi connectivity index (χ4v) is 3.84. The van der Waals surface area contributed by atoms with E-state index in [1.165, 1.54) is 6.92 Å². The highest BCUT2D eigenvalue weighted by atomic mass is 16.5. The zero-order valence-corrected chi connectivity index (χ0v) is 13.2. The average Bonchev–Trinajstić information content (AvgIpc) is 2.37. The van der Waals surface area contributed by atoms with Crippen molar-refractivity contribution >= 4 is 11.8 Å². The maximum Gasteiger partial charge on any atom is 0.302 e. The number of esters is 1. The number of carbonyl (C=O) groups is 2. The van der Waals surface area contributed by atoms with Crippen molar-refractivity contribution in [2.75, 3.05) is 0 Å². The van der Waals surface area contributed by atoms with Crippen molar-refractivity contribution in [3.63, 3.8) is 0 Å². The highest BCUT2D eigenvalue weighted by Crippen LogP contribution is 2.52. The molecule has 1 fully saturated rings. The number of fused-ring (bicyclic) bond motifs is 1. The lowest BCUT2D eigenvalue weighted by atomic mass is 9.58. The van der Waals surface area contributed by atoms with Gasteiger partial charge in [-0.15, -0.1) is 0 Å². The molecular formula is C17H24O4. The van der Waals surface area contributed by atoms with Crippen LogP contribution in [0.5, 0.6) is 0 Å². The van der Waals surface area contributed by atoms with Crippen LogP contribution < -0.4 is 0 Å². The largest absolute Gasteiger partial charge is 0.462 e. The van der Waals surface area contributed by atoms with E-state index in [9.17, 15) is 14.7 Å². The van der Waals surface area contributed by atoms with Gasteiger partial charge >= 0.3 is 5.97 Å². The molecule has 0 spiro atoms. The first-order valence-electron chi connectivity index (χ1n) is 7.43. The Kier molecular flexibility index (Phi) is 4.11. The minimum Gasteiger partial charge on any atom is -0.462 e. The summed E-state index contributed by atoms with van der Waals surface area (Å²) in [4.78, 5) is 23.5. The smallest absolute Gasteiger partial charge is 0.302 e. The van der Waals surface area contributed by atoms with Gasteiger partial charge in [0.1, 0.15) is 6.10 Å². The van der Waals surface area contributed by atoms with Crippen molar-refractivity contribution in [2.24, 2.45) is 11.3 Å². The molecule has 0 saturated heterocycles. The maximum atomic E-state index is 12.0. The molecule has 2 aliphatic rings. The third kappa shape index (κ3) is 2.57. The summed E-state index contributed by atoms with van der Waals surface area (Å²) in [7, 11) is 0. The number of aliphatic hydroxyl groups excluding tert-OH is 1. The fourth-order valence-electron chi connectivity index (χ4n) is 3.84. The van der Waals surface area contributed by atoms with E-state index >= 15 is 0 Å². The van der Waals surface area contributed by atoms with Gasteiger partial charge < -0.3 is 9.84 Å². The Labute approximate surface area is 125 Å². The van der Waals surface area contributed by atoms with Gasteiger partial charge in [-0.1, -0.05) is 19.1 Å². The molecule has 4 atom stereocenters. The zero-order valence-electron chi connectivity index (χ0n) is 13.2. The van der Waals surface area contributed by atoms with Gasteiger partial charge in [-0.3, -0.25) is 9.59 Å². The first-order chi connectivity index (χ1) is 9.68. The van der Waals surface area contributed by atoms with Gasteiger partial charge in [0.2, 0.25) is 0 Å². The Bertz CT molecular complexity index is 531. The number of Topliss-reactive ketones (excluding diaryl/α,β-unsaturated/α-hetero) is 1. The van der Waals surface area contributed by atoms with Gasteiger partial charge in [0.15, 0.2) is 5.78 Å². The molecule has 0 radical (unpaired) electrons. The minimum atomic E-state index is -0.719. The summed E-state index contributed by atoms with van der Waals surface area (Å²) in [6.45, 7) is 11.0. The van der Waals surface area contributed by atoms with Crippen molar-refractivity contribution in [2.45, 2.75) is 59.2 Å². The highest BCUT2D eigenvalue weighted by molar-refractivity contribution is 5.97. The summed E-state index contributed by atoms with van der Waals surface area (Å²) in [5.41, 5.74) is 1.75. The molecular weight excluding hydrogens is 268 g/mol. The van der Waals surface area contributed by atoms with Crippen LogP contribution in [0.2, 0.25) is 0 Å². The van der Waals surface area contributed by atoms with E-state index < -0.39 is 11.5 Å². The van der Waals surface area contributed by atoms with Crippen molar-refractivity contribution in [3.05, 3.63) is 23.3 Å². The Morgan fingerprint density at radius 2 is 2.05 bits per heavy atom. The Balaban J connectivity index is 2.54. The van der Waals surface area contributed by atoms with Crippen molar-refractivity contribution in [3.8, 4) is 0 Å². The van der Waals surface area contributed by atoms with Crippen LogP contribution in [-0.2, 0) is 14.3 Å². The standard InChI is InChI=1S/C17H24O4/c1-9(2)12-8-14(21-11(4)18)17(5)7-6-13(19)10(3)15(17)16(12)20/h12,14,16,20H,1,6-8H2,2-5H3/t12-,14-,16+,17+/m0/s1. The van der Waals surface area contributed by atoms with E-state index in [1.807, 2.05) is 13.8 Å². The average molecular weight is 292 g/mol. The first kappa shape index (κ1) is 16.0. The van der Waals surface area contributed by atoms with E-state index in [0.29, 0.717) is 24.8 Å². The van der Waals surface area contributed by atoms with Crippen molar-refractivity contribution in [1.82, 2.24) is 0 Å². The minimum absolute atomic E-state index is 0.0745. The molecule has 0 aromatic rings. The number of allylic oxidation sites excluding steroid dienone is 1. The molecule has 1 saturated carbocycles. The monoisotopic (exact) mass is 292 g/mol. The number of ether oxygens (including phenoxy) is 1. The molecule has 0 heterocycles. The lowest BCUT2D eigenvalue weighted by Gasteiger charge is -2.50. The molecule has 0 aromatic heterocycles. The Hall–Kier alpha value is -1.42. The summed E-state index contributed by atoms with van der Waals surface area (Å²) in [5, 5.41) is 10.7. The summed E-state index contributed by atoms with van der Waals surface area (Å²) in [6, 6.07) is 0. The van der Waals surface area contributed by atoms with E-state index in [0.717, 1.165) is 11.1 Å². The van der Waals surface area contributed by atoms with E-state index in [4.69, 9.17) is 4.74 Å². The number of hydrogen-bond donors (Lipinski definition) is 1. The molecule has 0 amide bonds. The first-order valence-corrected chi connectivity index (χ1v) is 7.43. The van der Waals surface area contributed by atoms with Gasteiger partial charge in [0.25, 0.3) is 0 Å². The number of hydrogen-bond acceptors (Lipinski definition) is 4. The van der Waals surface area contributed by atoms with Crippen LogP contribution in [0.4, 0.5) is 0 Å². The van der Waals surface area contributed by atoms with E-state index in [-0.39, 0.29) is 23.8 Å². The molecule has 4 nitrogen and oxygen atoms in total. The molecule has 21 heavy (non-hydrogen) atoms. The highest BCUT2D eigenvalue weighted by Gasteiger charge is 2.52. The quantitative estimate of drug-likeness (QED) is 0.627. The second-order valence-electron chi connectivity index (χ2n) is 6.61. The van der Waals surface area contributed by atoms with Gasteiger partial charge in [-0.05, 0) is 37.8 Å². The second-order valence-corrected chi connectivity index (χ2v) is 6.61. The van der Waals surface area contributed by atoms with Crippen LogP contribution in [0.3, 0.4) is 0 Å². The predicted octanol–water partition coefficient (Wildman–Crippen LogP) is 2.56. The van der Waals surface area contributed by atoms with Crippen molar-refractivity contribution < 1.29 is 19.4 Å². The topological polar surface area (TPSA) is 63.6 Å². The lowest BCUT2D eigenvalue weighted by molar-refractivity contribution is -0.157. The summed E-state index contributed by atoms with van der Waals surface area (Å²) >= 11 is 0. The summed E-state index contributed by atoms with van der Waals surface area (Å²) in [6.07, 6.45) is 0.559. The maximum absolute atomic E-state index is 12.0. The van der Waals surface area contributed by atoms with Crippen LogP contribution >= 0.6 is 0 Å². The predicted molar refractivity (Wildman–Crippen MR) is 79.5 cm³/mol. The summed E-state index contributed by atoms with van der Waals surface area (Å²) in [5.74, 6) is -0.435. The van der Waals surface area contributed by atoms with Crippen LogP contribution in [-0.4, -0.2) is 29.1 Å². The SMILES string of the molecule is C=C(C)[C@@H]1C[C@H](OC(C)=O)[C@@]2(C)CCC(=O)C(C)=C2[C@@H]1O. The van der Waals surface area contributed by atoms with Crippen LogP contribution in [0.1, 0.15) is 47.0 Å². The van der Waals surface area contributed by atoms with Gasteiger partial charge in [-0.2, -0.15) is 0 Å². The van der Waals surface area contributed by atoms with Gasteiger partial charge in [0.05, 0.1) is 6.10 Å². The third-order valence-corrected chi connectivity index (χ3v) is 5.11. The second kappa shape index (κ2) is 5.41. The van der Waals surface area contributed by atoms with Crippen LogP contribution in [0.25, 0.3) is 0 Å². The van der Waals surface area contributed by atoms with E-state index in [1.54, 1.807) is 6.92 Å². The molecule has 116 valence electrons. The lowest BCUT2D eigenvalue weighted by Crippen LogP contribution is -2.52. The zero-order chi connectivity index (χ0) is 15.9. The Morgan fingerprint density at radius 1 is 1.43 bits per heavy atom. The Morgan fingerprint density at radius 3 is 2.57 bits per heavy atom. The van der Waals surface area contributed by atoms with Crippen molar-refractivity contribution in [1.29, 1.82) is 0 Å². The normalized spacial score (nSPS) is 36.2. The molecule has 0 unspecified atom stereocenters. The molecule has 4 heteroatoms. The third-order valence-electron chi connectivity index (χ3n) is 5.11. The van der Waals surface area contributed by atoms with E-state index in [2.05, 4.69) is 6.58 Å². The number of aliphatic hydroxyl groups is 1. The summed E-state index contributed by atoms with van der Waals surface area (Å²) < 4.78 is 5.54. The van der Waals surface area contributed by atoms with Gasteiger partial charge in [-0.25, -0.2) is 0 Å². The molecule has 2 rings (SSSR count). The molecule has 1 N–H and O–H groups in total. The molecule has 0 bridgehead atoms.